The van der Waals surface area contributed by atoms with Crippen molar-refractivity contribution in [1.82, 2.24) is 38.3 Å². The van der Waals surface area contributed by atoms with E-state index in [-0.39, 0.29) is 11.1 Å². The minimum Gasteiger partial charge on any atom is -0.442 e. The Balaban J connectivity index is 0.000000208. The van der Waals surface area contributed by atoms with Gasteiger partial charge in [-0.1, -0.05) is 36.4 Å². The van der Waals surface area contributed by atoms with E-state index < -0.39 is 23.4 Å². The molecule has 4 heterocycles. The summed E-state index contributed by atoms with van der Waals surface area (Å²) < 4.78 is 19.9. The topological polar surface area (TPSA) is 142 Å². The van der Waals surface area contributed by atoms with Crippen molar-refractivity contribution in [2.75, 3.05) is 0 Å². The lowest BCUT2D eigenvalue weighted by Crippen LogP contribution is -2.28. The zero-order valence-corrected chi connectivity index (χ0v) is 33.0. The fourth-order valence-corrected chi connectivity index (χ4v) is 5.94. The van der Waals surface area contributed by atoms with Gasteiger partial charge in [0.15, 0.2) is 0 Å². The predicted molar refractivity (Wildman–Crippen MR) is 207 cm³/mol. The molecule has 0 radical (unpaired) electrons. The second kappa shape index (κ2) is 14.7. The molecule has 284 valence electrons. The first-order valence-corrected chi connectivity index (χ1v) is 17.5. The molecule has 2 aromatic carbocycles. The molecule has 0 bridgehead atoms. The molecule has 0 N–H and O–H groups in total. The Morgan fingerprint density at radius 2 is 1.02 bits per heavy atom. The fourth-order valence-electron chi connectivity index (χ4n) is 5.94. The largest absolute Gasteiger partial charge is 0.442 e. The first-order valence-electron chi connectivity index (χ1n) is 17.5. The number of benzene rings is 2. The number of hydrogen-bond acceptors (Lipinski definition) is 8. The summed E-state index contributed by atoms with van der Waals surface area (Å²) in [4.78, 5) is 51.3. The number of para-hydroxylation sites is 2. The Morgan fingerprint density at radius 3 is 1.48 bits per heavy atom. The molecule has 0 aliphatic rings. The third-order valence-corrected chi connectivity index (χ3v) is 8.47. The van der Waals surface area contributed by atoms with Crippen molar-refractivity contribution in [3.63, 3.8) is 0 Å². The van der Waals surface area contributed by atoms with E-state index in [0.717, 1.165) is 22.8 Å². The number of ether oxygens (including phenoxy) is 2. The van der Waals surface area contributed by atoms with Crippen molar-refractivity contribution in [3.8, 4) is 33.9 Å². The first kappa shape index (κ1) is 39.0. The number of carbonyl (C=O) groups is 2. The van der Waals surface area contributed by atoms with Crippen LogP contribution < -0.4 is 11.1 Å². The van der Waals surface area contributed by atoms with Gasteiger partial charge in [0.25, 0.3) is 11.1 Å². The predicted octanol–water partition coefficient (Wildman–Crippen LogP) is 6.88. The Kier molecular flexibility index (Phi) is 10.6. The lowest BCUT2D eigenvalue weighted by atomic mass is 10.1. The molecule has 54 heavy (non-hydrogen) atoms. The monoisotopic (exact) mass is 736 g/mol. The highest BCUT2D eigenvalue weighted by molar-refractivity contribution is 5.78. The molecule has 14 nitrogen and oxygen atoms in total. The summed E-state index contributed by atoms with van der Waals surface area (Å²) in [7, 11) is 3.64. The van der Waals surface area contributed by atoms with Crippen LogP contribution in [0.1, 0.15) is 64.3 Å². The van der Waals surface area contributed by atoms with E-state index in [1.807, 2.05) is 88.6 Å². The standard InChI is InChI=1S/2C20H24N4O3/c1-13-12-16(21-23(13)19(26)27-20(3,4)5)17-14(2)22(6)24(18(17)25)15-10-8-7-9-11-15;1-13-12-16(23(21-13)19(26)27-20(3,4)5)17-14(2)22(6)24(18(17)25)15-10-8-7-9-11-15/h2*7-12H,1-6H3. The van der Waals surface area contributed by atoms with Gasteiger partial charge in [-0.15, -0.1) is 0 Å². The summed E-state index contributed by atoms with van der Waals surface area (Å²) in [6, 6.07) is 22.2. The van der Waals surface area contributed by atoms with E-state index in [1.165, 1.54) is 9.36 Å². The minimum absolute atomic E-state index is 0.185. The number of carbonyl (C=O) groups excluding carboxylic acids is 2. The second-order valence-electron chi connectivity index (χ2n) is 15.0. The molecule has 0 saturated carbocycles. The number of rotatable bonds is 4. The van der Waals surface area contributed by atoms with E-state index in [2.05, 4.69) is 10.2 Å². The van der Waals surface area contributed by atoms with Gasteiger partial charge >= 0.3 is 12.2 Å². The van der Waals surface area contributed by atoms with Gasteiger partial charge in [0.05, 0.1) is 33.9 Å². The highest BCUT2D eigenvalue weighted by Gasteiger charge is 2.27. The smallest absolute Gasteiger partial charge is 0.435 e. The quantitative estimate of drug-likeness (QED) is 0.191. The summed E-state index contributed by atoms with van der Waals surface area (Å²) >= 11 is 0. The van der Waals surface area contributed by atoms with E-state index in [1.54, 1.807) is 86.2 Å². The molecule has 6 aromatic rings. The summed E-state index contributed by atoms with van der Waals surface area (Å²) in [6.45, 7) is 18.0. The van der Waals surface area contributed by atoms with Gasteiger partial charge in [-0.25, -0.2) is 19.0 Å². The van der Waals surface area contributed by atoms with Crippen molar-refractivity contribution in [2.45, 2.75) is 80.4 Å². The number of hydrogen-bond donors (Lipinski definition) is 0. The van der Waals surface area contributed by atoms with Crippen LogP contribution in [0.2, 0.25) is 0 Å². The summed E-state index contributed by atoms with van der Waals surface area (Å²) in [5.41, 5.74) is 4.31. The number of aryl methyl sites for hydroxylation is 2. The lowest BCUT2D eigenvalue weighted by Gasteiger charge is -2.19. The summed E-state index contributed by atoms with van der Waals surface area (Å²) in [6.07, 6.45) is -1.18. The number of aromatic nitrogens is 8. The highest BCUT2D eigenvalue weighted by Crippen LogP contribution is 2.25. The van der Waals surface area contributed by atoms with Crippen LogP contribution in [0.5, 0.6) is 0 Å². The third-order valence-electron chi connectivity index (χ3n) is 8.47. The molecule has 0 unspecified atom stereocenters. The first-order chi connectivity index (χ1) is 25.2. The van der Waals surface area contributed by atoms with Gasteiger partial charge < -0.3 is 9.47 Å². The van der Waals surface area contributed by atoms with Gasteiger partial charge in [-0.3, -0.25) is 19.0 Å². The fraction of sp³-hybridized carbons (Fsp3) is 0.350. The van der Waals surface area contributed by atoms with E-state index in [4.69, 9.17) is 9.47 Å². The average molecular weight is 737 g/mol. The molecular weight excluding hydrogens is 688 g/mol. The maximum Gasteiger partial charge on any atom is 0.435 e. The van der Waals surface area contributed by atoms with Crippen molar-refractivity contribution < 1.29 is 19.1 Å². The summed E-state index contributed by atoms with van der Waals surface area (Å²) in [5.74, 6) is 0. The minimum atomic E-state index is -0.663. The highest BCUT2D eigenvalue weighted by atomic mass is 16.6. The molecule has 0 amide bonds. The Labute approximate surface area is 313 Å². The van der Waals surface area contributed by atoms with Crippen LogP contribution >= 0.6 is 0 Å². The average Bonchev–Trinajstić information content (AvgIpc) is 3.77. The van der Waals surface area contributed by atoms with Gasteiger partial charge in [0.2, 0.25) is 0 Å². The van der Waals surface area contributed by atoms with Gasteiger partial charge in [-0.05, 0) is 106 Å². The molecule has 0 atom stereocenters. The van der Waals surface area contributed by atoms with E-state index in [0.29, 0.717) is 33.9 Å². The summed E-state index contributed by atoms with van der Waals surface area (Å²) in [5, 5.41) is 8.60. The molecule has 0 fully saturated rings. The maximum atomic E-state index is 13.2. The van der Waals surface area contributed by atoms with Gasteiger partial charge in [0.1, 0.15) is 16.9 Å². The molecular formula is C40H48N8O6. The van der Waals surface area contributed by atoms with Crippen molar-refractivity contribution in [1.29, 1.82) is 0 Å². The lowest BCUT2D eigenvalue weighted by molar-refractivity contribution is 0.0503. The number of nitrogens with zero attached hydrogens (tertiary/aromatic N) is 8. The van der Waals surface area contributed by atoms with Crippen LogP contribution in [-0.4, -0.2) is 61.7 Å². The zero-order chi connectivity index (χ0) is 39.9. The van der Waals surface area contributed by atoms with Gasteiger partial charge in [-0.2, -0.15) is 19.6 Å². The van der Waals surface area contributed by atoms with Gasteiger partial charge in [0, 0.05) is 31.2 Å². The molecule has 0 aliphatic carbocycles. The Hall–Kier alpha value is -6.18. The van der Waals surface area contributed by atoms with Crippen LogP contribution in [0.4, 0.5) is 9.59 Å². The molecule has 6 rings (SSSR count). The molecule has 4 aromatic heterocycles. The van der Waals surface area contributed by atoms with Crippen LogP contribution in [0.15, 0.2) is 82.4 Å². The van der Waals surface area contributed by atoms with Crippen molar-refractivity contribution in [3.05, 3.63) is 116 Å². The van der Waals surface area contributed by atoms with Crippen LogP contribution in [0, 0.1) is 27.7 Å². The van der Waals surface area contributed by atoms with Crippen LogP contribution in [-0.2, 0) is 23.6 Å². The van der Waals surface area contributed by atoms with Crippen molar-refractivity contribution >= 4 is 12.2 Å². The molecule has 0 aliphatic heterocycles. The molecule has 14 heteroatoms. The zero-order valence-electron chi connectivity index (χ0n) is 33.0. The molecule has 0 saturated heterocycles. The van der Waals surface area contributed by atoms with Crippen molar-refractivity contribution in [2.24, 2.45) is 14.1 Å². The molecule has 0 spiro atoms. The maximum absolute atomic E-state index is 13.2. The van der Waals surface area contributed by atoms with E-state index in [9.17, 15) is 19.2 Å². The van der Waals surface area contributed by atoms with Crippen LogP contribution in [0.25, 0.3) is 33.9 Å². The van der Waals surface area contributed by atoms with Crippen LogP contribution in [0.3, 0.4) is 0 Å². The third kappa shape index (κ3) is 7.92. The Morgan fingerprint density at radius 1 is 0.593 bits per heavy atom. The van der Waals surface area contributed by atoms with E-state index >= 15 is 0 Å². The normalized spacial score (nSPS) is 11.6. The second-order valence-corrected chi connectivity index (χ2v) is 15.0. The SMILES string of the molecule is Cc1cc(-c2c(C)n(C)n(-c3ccccc3)c2=O)n(C(=O)OC(C)(C)C)n1.Cc1cc(-c2c(C)n(C)n(-c3ccccc3)c2=O)nn1C(=O)OC(C)(C)C. The Bertz CT molecular complexity index is 2440.